The molecule has 5 aliphatic rings. The van der Waals surface area contributed by atoms with E-state index < -0.39 is 0 Å². The lowest BCUT2D eigenvalue weighted by Crippen LogP contribution is -2.64. The molecule has 1 aliphatic heterocycles. The number of carbonyl (C=O) groups excluding carboxylic acids is 2. The highest BCUT2D eigenvalue weighted by Crippen LogP contribution is 2.53. The number of ketones is 1. The van der Waals surface area contributed by atoms with E-state index in [1.165, 1.54) is 17.6 Å². The van der Waals surface area contributed by atoms with Gasteiger partial charge < -0.3 is 10.2 Å². The van der Waals surface area contributed by atoms with Gasteiger partial charge in [-0.05, 0) is 56.8 Å². The summed E-state index contributed by atoms with van der Waals surface area (Å²) in [5, 5.41) is 16.6. The van der Waals surface area contributed by atoms with Crippen LogP contribution in [0.3, 0.4) is 0 Å². The second-order valence-corrected chi connectivity index (χ2v) is 11.7. The third kappa shape index (κ3) is 3.96. The summed E-state index contributed by atoms with van der Waals surface area (Å²) >= 11 is 1.18. The molecule has 0 saturated heterocycles. The molecule has 2 N–H and O–H groups in total. The maximum absolute atomic E-state index is 13.9. The van der Waals surface area contributed by atoms with Crippen LogP contribution in [0.1, 0.15) is 64.7 Å². The molecule has 4 saturated carbocycles. The van der Waals surface area contributed by atoms with Crippen molar-refractivity contribution in [1.82, 2.24) is 10.2 Å². The normalized spacial score (nSPS) is 44.0. The first kappa shape index (κ1) is 22.8. The quantitative estimate of drug-likeness (QED) is 0.364. The Bertz CT molecular complexity index is 775. The first-order chi connectivity index (χ1) is 15.5. The molecule has 7 nitrogen and oxygen atoms in total. The summed E-state index contributed by atoms with van der Waals surface area (Å²) in [6, 6.07) is 0.466. The van der Waals surface area contributed by atoms with Crippen LogP contribution in [-0.4, -0.2) is 52.3 Å². The van der Waals surface area contributed by atoms with Crippen LogP contribution in [0.4, 0.5) is 0 Å². The van der Waals surface area contributed by atoms with Crippen LogP contribution in [0.15, 0.2) is 11.6 Å². The molecule has 8 heteroatoms. The molecule has 0 aromatic heterocycles. The molecule has 1 heterocycles. The van der Waals surface area contributed by atoms with Crippen LogP contribution < -0.4 is 5.32 Å². The highest BCUT2D eigenvalue weighted by Gasteiger charge is 2.57. The van der Waals surface area contributed by atoms with Crippen molar-refractivity contribution in [3.05, 3.63) is 11.6 Å². The summed E-state index contributed by atoms with van der Waals surface area (Å²) in [7, 11) is 1.91. The summed E-state index contributed by atoms with van der Waals surface area (Å²) in [4.78, 5) is 28.6. The van der Waals surface area contributed by atoms with Crippen molar-refractivity contribution in [3.8, 4) is 0 Å². The summed E-state index contributed by atoms with van der Waals surface area (Å²) < 4.78 is 4.84. The van der Waals surface area contributed by atoms with Crippen LogP contribution in [0.2, 0.25) is 0 Å². The zero-order valence-electron chi connectivity index (χ0n) is 19.1. The van der Waals surface area contributed by atoms with Crippen molar-refractivity contribution in [1.29, 1.82) is 0 Å². The van der Waals surface area contributed by atoms with Crippen molar-refractivity contribution in [2.24, 2.45) is 29.6 Å². The molecule has 9 unspecified atom stereocenters. The van der Waals surface area contributed by atoms with Crippen LogP contribution in [-0.2, 0) is 19.0 Å². The van der Waals surface area contributed by atoms with E-state index in [1.54, 1.807) is 0 Å². The van der Waals surface area contributed by atoms with Crippen molar-refractivity contribution in [2.75, 3.05) is 7.05 Å². The number of Topliss-reactive ketones (excluding diaryl/α,β-unsaturated/α-hetero) is 1. The van der Waals surface area contributed by atoms with Gasteiger partial charge in [-0.25, -0.2) is 5.26 Å². The smallest absolute Gasteiger partial charge is 0.246 e. The molecule has 4 fully saturated rings. The van der Waals surface area contributed by atoms with Gasteiger partial charge in [0, 0.05) is 66.3 Å². The second kappa shape index (κ2) is 9.37. The molecule has 5 rings (SSSR count). The van der Waals surface area contributed by atoms with Gasteiger partial charge in [0.2, 0.25) is 5.91 Å². The molecular formula is C24H36N2O5S. The van der Waals surface area contributed by atoms with E-state index in [0.717, 1.165) is 57.8 Å². The Balaban J connectivity index is 1.42. The summed E-state index contributed by atoms with van der Waals surface area (Å²) in [5.74, 6) is 1.59. The number of fused-ring (bicyclic) bond motifs is 2. The average Bonchev–Trinajstić information content (AvgIpc) is 2.80. The fourth-order valence-electron chi connectivity index (χ4n) is 7.57. The zero-order valence-corrected chi connectivity index (χ0v) is 19.9. The van der Waals surface area contributed by atoms with Gasteiger partial charge in [0.1, 0.15) is 5.78 Å². The molecule has 32 heavy (non-hydrogen) atoms. The van der Waals surface area contributed by atoms with Crippen molar-refractivity contribution < 1.29 is 24.2 Å². The van der Waals surface area contributed by atoms with Crippen LogP contribution in [0.25, 0.3) is 0 Å². The molecule has 1 amide bonds. The molecule has 4 aliphatic carbocycles. The van der Waals surface area contributed by atoms with E-state index in [2.05, 4.69) is 17.3 Å². The van der Waals surface area contributed by atoms with Gasteiger partial charge in [-0.3, -0.25) is 9.59 Å². The third-order valence-corrected chi connectivity index (χ3v) is 10.00. The van der Waals surface area contributed by atoms with Crippen molar-refractivity contribution in [3.63, 3.8) is 0 Å². The largest absolute Gasteiger partial charge is 0.339 e. The van der Waals surface area contributed by atoms with Crippen molar-refractivity contribution >= 4 is 23.7 Å². The first-order valence-electron chi connectivity index (χ1n) is 12.4. The maximum Gasteiger partial charge on any atom is 0.246 e. The molecule has 0 bridgehead atoms. The number of nitrogens with one attached hydrogen (secondary N) is 1. The predicted octanol–water partition coefficient (Wildman–Crippen LogP) is 3.75. The monoisotopic (exact) mass is 464 g/mol. The fraction of sp³-hybridized carbons (Fsp3) is 0.833. The summed E-state index contributed by atoms with van der Waals surface area (Å²) in [6.07, 6.45) is 11.1. The minimum atomic E-state index is -0.0603. The van der Waals surface area contributed by atoms with E-state index in [0.29, 0.717) is 11.7 Å². The summed E-state index contributed by atoms with van der Waals surface area (Å²) in [6.45, 7) is 2.24. The van der Waals surface area contributed by atoms with Gasteiger partial charge in [-0.15, -0.1) is 4.33 Å². The number of amides is 1. The second-order valence-electron chi connectivity index (χ2n) is 10.8. The molecule has 0 aromatic rings. The van der Waals surface area contributed by atoms with E-state index >= 15 is 0 Å². The van der Waals surface area contributed by atoms with Crippen LogP contribution in [0, 0.1) is 29.6 Å². The van der Waals surface area contributed by atoms with E-state index in [9.17, 15) is 9.59 Å². The van der Waals surface area contributed by atoms with Crippen LogP contribution >= 0.6 is 12.0 Å². The number of nitrogens with zero attached hydrogens (tertiary/aromatic N) is 1. The average molecular weight is 465 g/mol. The highest BCUT2D eigenvalue weighted by atomic mass is 32.2. The van der Waals surface area contributed by atoms with Gasteiger partial charge in [0.25, 0.3) is 0 Å². The Morgan fingerprint density at radius 3 is 2.56 bits per heavy atom. The number of hydrogen-bond donors (Lipinski definition) is 2. The van der Waals surface area contributed by atoms with Crippen molar-refractivity contribution in [2.45, 2.75) is 88.1 Å². The van der Waals surface area contributed by atoms with Gasteiger partial charge >= 0.3 is 0 Å². The minimum absolute atomic E-state index is 0.0603. The lowest BCUT2D eigenvalue weighted by atomic mass is 9.53. The van der Waals surface area contributed by atoms with Gasteiger partial charge in [-0.2, -0.15) is 0 Å². The number of likely N-dealkylation sites (N-methyl/N-ethyl adjacent to an activating group) is 1. The van der Waals surface area contributed by atoms with E-state index in [4.69, 9.17) is 9.59 Å². The number of hydrogen-bond acceptors (Lipinski definition) is 7. The van der Waals surface area contributed by atoms with Crippen LogP contribution in [0.5, 0.6) is 0 Å². The van der Waals surface area contributed by atoms with Gasteiger partial charge in [-0.1, -0.05) is 30.4 Å². The van der Waals surface area contributed by atoms with Gasteiger partial charge in [0.05, 0.1) is 0 Å². The Kier molecular flexibility index (Phi) is 6.69. The Morgan fingerprint density at radius 2 is 1.78 bits per heavy atom. The Morgan fingerprint density at radius 1 is 1.03 bits per heavy atom. The van der Waals surface area contributed by atoms with E-state index in [1.807, 2.05) is 18.0 Å². The molecular weight excluding hydrogens is 428 g/mol. The molecule has 9 atom stereocenters. The Labute approximate surface area is 194 Å². The maximum atomic E-state index is 13.9. The molecule has 0 aromatic carbocycles. The molecule has 0 radical (unpaired) electrons. The first-order valence-corrected chi connectivity index (χ1v) is 13.2. The standard InChI is InChI=1S/C24H36N2O5S/c1-13-7-8-17(20(11-13)32-31-30-29)25-18-9-10-19-22-16(12-21(27)26(19)2)14-5-3-4-6-15(14)24(28)23(18)22/h12-15,17-20,22-23,25,29H,3-11H2,1-2H3. The lowest BCUT2D eigenvalue weighted by molar-refractivity contribution is -0.432. The molecule has 0 spiro atoms. The Hall–Kier alpha value is -0.930. The fourth-order valence-corrected chi connectivity index (χ4v) is 8.46. The minimum Gasteiger partial charge on any atom is -0.339 e. The van der Waals surface area contributed by atoms with E-state index in [-0.39, 0.29) is 53.0 Å². The summed E-state index contributed by atoms with van der Waals surface area (Å²) in [5.41, 5.74) is 1.28. The zero-order chi connectivity index (χ0) is 22.4. The number of carbonyl (C=O) groups is 2. The predicted molar refractivity (Wildman–Crippen MR) is 121 cm³/mol. The highest BCUT2D eigenvalue weighted by molar-refractivity contribution is 7.95. The number of rotatable bonds is 5. The topological polar surface area (TPSA) is 88.1 Å². The lowest BCUT2D eigenvalue weighted by Gasteiger charge is -2.56. The van der Waals surface area contributed by atoms with Gasteiger partial charge in [0.15, 0.2) is 0 Å². The molecule has 178 valence electrons. The third-order valence-electron chi connectivity index (χ3n) is 9.09. The SMILES string of the molecule is CC1CCC(NC2CCC3C4C(=CC(=O)N3C)C3CCCCC3C(=O)C24)C(SOOO)C1.